The molecule has 0 fully saturated rings. The third-order valence-electron chi connectivity index (χ3n) is 4.41. The third kappa shape index (κ3) is 5.13. The highest BCUT2D eigenvalue weighted by molar-refractivity contribution is 6.10. The monoisotopic (exact) mass is 439 g/mol. The maximum absolute atomic E-state index is 13.2. The van der Waals surface area contributed by atoms with E-state index < -0.39 is 40.3 Å². The van der Waals surface area contributed by atoms with Crippen molar-refractivity contribution in [3.8, 4) is 5.75 Å². The SMILES string of the molecule is COc1cccc(C(=O)N(NC(C)(C)C)C(=O)c2ccc(C(F)(F)F)n(C)c2=O)c1C. The lowest BCUT2D eigenvalue weighted by Gasteiger charge is -2.30. The molecule has 0 radical (unpaired) electrons. The molecule has 7 nitrogen and oxygen atoms in total. The fourth-order valence-corrected chi connectivity index (χ4v) is 2.92. The van der Waals surface area contributed by atoms with Gasteiger partial charge in [-0.1, -0.05) is 6.07 Å². The number of amides is 2. The molecule has 1 N–H and O–H groups in total. The van der Waals surface area contributed by atoms with Gasteiger partial charge in [0.2, 0.25) is 0 Å². The number of methoxy groups -OCH3 is 1. The third-order valence-corrected chi connectivity index (χ3v) is 4.41. The zero-order valence-electron chi connectivity index (χ0n) is 18.0. The second-order valence-corrected chi connectivity index (χ2v) is 7.93. The Balaban J connectivity index is 2.60. The number of carbonyl (C=O) groups excluding carboxylic acids is 2. The lowest BCUT2D eigenvalue weighted by molar-refractivity contribution is -0.143. The quantitative estimate of drug-likeness (QED) is 0.584. The lowest BCUT2D eigenvalue weighted by atomic mass is 10.1. The smallest absolute Gasteiger partial charge is 0.431 e. The van der Waals surface area contributed by atoms with E-state index >= 15 is 0 Å². The van der Waals surface area contributed by atoms with Crippen molar-refractivity contribution in [3.05, 3.63) is 63.1 Å². The number of benzene rings is 1. The number of hydrogen-bond donors (Lipinski definition) is 1. The predicted molar refractivity (Wildman–Crippen MR) is 108 cm³/mol. The second kappa shape index (κ2) is 8.54. The summed E-state index contributed by atoms with van der Waals surface area (Å²) < 4.78 is 44.8. The van der Waals surface area contributed by atoms with E-state index in [-0.39, 0.29) is 5.56 Å². The van der Waals surface area contributed by atoms with Crippen LogP contribution in [0.25, 0.3) is 0 Å². The zero-order valence-corrected chi connectivity index (χ0v) is 18.0. The van der Waals surface area contributed by atoms with E-state index in [1.54, 1.807) is 39.8 Å². The Morgan fingerprint density at radius 3 is 2.13 bits per heavy atom. The molecule has 10 heteroatoms. The number of hydrogen-bond acceptors (Lipinski definition) is 5. The van der Waals surface area contributed by atoms with E-state index in [0.717, 1.165) is 13.1 Å². The summed E-state index contributed by atoms with van der Waals surface area (Å²) in [7, 11) is 2.34. The van der Waals surface area contributed by atoms with E-state index in [2.05, 4.69) is 5.43 Å². The van der Waals surface area contributed by atoms with Gasteiger partial charge in [0.05, 0.1) is 7.11 Å². The number of aromatic nitrogens is 1. The molecular formula is C21H24F3N3O4. The molecule has 0 saturated heterocycles. The normalized spacial score (nSPS) is 11.9. The molecule has 0 aliphatic heterocycles. The van der Waals surface area contributed by atoms with Crippen molar-refractivity contribution >= 4 is 11.8 Å². The summed E-state index contributed by atoms with van der Waals surface area (Å²) in [4.78, 5) is 38.9. The van der Waals surface area contributed by atoms with Crippen molar-refractivity contribution in [2.45, 2.75) is 39.4 Å². The molecule has 0 unspecified atom stereocenters. The van der Waals surface area contributed by atoms with Crippen molar-refractivity contribution in [2.24, 2.45) is 7.05 Å². The van der Waals surface area contributed by atoms with Crippen molar-refractivity contribution in [3.63, 3.8) is 0 Å². The van der Waals surface area contributed by atoms with Crippen LogP contribution in [-0.2, 0) is 13.2 Å². The fourth-order valence-electron chi connectivity index (χ4n) is 2.92. The Kier molecular flexibility index (Phi) is 6.65. The number of nitrogens with one attached hydrogen (secondary N) is 1. The average Bonchev–Trinajstić information content (AvgIpc) is 2.65. The van der Waals surface area contributed by atoms with Crippen molar-refractivity contribution < 1.29 is 27.5 Å². The Hall–Kier alpha value is -3.14. The first-order chi connectivity index (χ1) is 14.2. The van der Waals surface area contributed by atoms with E-state index in [1.165, 1.54) is 13.2 Å². The van der Waals surface area contributed by atoms with Crippen LogP contribution in [0.1, 0.15) is 52.7 Å². The highest BCUT2D eigenvalue weighted by Crippen LogP contribution is 2.28. The van der Waals surface area contributed by atoms with Crippen LogP contribution in [0, 0.1) is 6.92 Å². The molecule has 1 aromatic carbocycles. The molecule has 1 heterocycles. The van der Waals surface area contributed by atoms with Gasteiger partial charge in [0.15, 0.2) is 0 Å². The van der Waals surface area contributed by atoms with Crippen LogP contribution >= 0.6 is 0 Å². The number of alkyl halides is 3. The van der Waals surface area contributed by atoms with Gasteiger partial charge < -0.3 is 9.30 Å². The number of nitrogens with zero attached hydrogens (tertiary/aromatic N) is 2. The van der Waals surface area contributed by atoms with Crippen LogP contribution in [0.5, 0.6) is 5.75 Å². The zero-order chi connectivity index (χ0) is 23.7. The molecule has 2 amide bonds. The van der Waals surface area contributed by atoms with Gasteiger partial charge in [-0.05, 0) is 52.0 Å². The number of carbonyl (C=O) groups is 2. The second-order valence-electron chi connectivity index (χ2n) is 7.93. The predicted octanol–water partition coefficient (Wildman–Crippen LogP) is 3.31. The largest absolute Gasteiger partial charge is 0.496 e. The van der Waals surface area contributed by atoms with Crippen LogP contribution in [0.3, 0.4) is 0 Å². The Morgan fingerprint density at radius 1 is 1.03 bits per heavy atom. The van der Waals surface area contributed by atoms with E-state index in [4.69, 9.17) is 4.74 Å². The van der Waals surface area contributed by atoms with Crippen molar-refractivity contribution in [1.82, 2.24) is 15.0 Å². The van der Waals surface area contributed by atoms with Crippen LogP contribution in [0.2, 0.25) is 0 Å². The van der Waals surface area contributed by atoms with Gasteiger partial charge in [0.25, 0.3) is 17.4 Å². The van der Waals surface area contributed by atoms with E-state index in [0.29, 0.717) is 27.0 Å². The van der Waals surface area contributed by atoms with Gasteiger partial charge >= 0.3 is 6.18 Å². The van der Waals surface area contributed by atoms with Gasteiger partial charge in [-0.25, -0.2) is 10.4 Å². The summed E-state index contributed by atoms with van der Waals surface area (Å²) in [6.45, 7) is 6.68. The first-order valence-electron chi connectivity index (χ1n) is 9.26. The molecule has 0 aliphatic rings. The molecule has 2 aromatic rings. The Labute approximate surface area is 177 Å². The molecular weight excluding hydrogens is 415 g/mol. The highest BCUT2D eigenvalue weighted by Gasteiger charge is 2.36. The molecule has 1 aromatic heterocycles. The topological polar surface area (TPSA) is 80.6 Å². The Morgan fingerprint density at radius 2 is 1.61 bits per heavy atom. The molecule has 168 valence electrons. The van der Waals surface area contributed by atoms with Crippen LogP contribution < -0.4 is 15.7 Å². The lowest BCUT2D eigenvalue weighted by Crippen LogP contribution is -2.55. The minimum Gasteiger partial charge on any atom is -0.496 e. The average molecular weight is 439 g/mol. The minimum atomic E-state index is -4.77. The summed E-state index contributed by atoms with van der Waals surface area (Å²) in [6.07, 6.45) is -4.77. The number of ether oxygens (including phenoxy) is 1. The maximum atomic E-state index is 13.2. The molecule has 31 heavy (non-hydrogen) atoms. The molecule has 2 rings (SSSR count). The highest BCUT2D eigenvalue weighted by atomic mass is 19.4. The summed E-state index contributed by atoms with van der Waals surface area (Å²) in [5, 5.41) is 0.645. The summed E-state index contributed by atoms with van der Waals surface area (Å²) in [6, 6.07) is 6.09. The van der Waals surface area contributed by atoms with Gasteiger partial charge in [-0.15, -0.1) is 0 Å². The van der Waals surface area contributed by atoms with Crippen LogP contribution in [0.4, 0.5) is 13.2 Å². The summed E-state index contributed by atoms with van der Waals surface area (Å²) in [5.74, 6) is -1.44. The van der Waals surface area contributed by atoms with E-state index in [1.807, 2.05) is 0 Å². The maximum Gasteiger partial charge on any atom is 0.431 e. The number of halogens is 3. The summed E-state index contributed by atoms with van der Waals surface area (Å²) >= 11 is 0. The molecule has 0 atom stereocenters. The van der Waals surface area contributed by atoms with Crippen LogP contribution in [0.15, 0.2) is 35.1 Å². The van der Waals surface area contributed by atoms with Gasteiger partial charge in [-0.2, -0.15) is 13.2 Å². The van der Waals surface area contributed by atoms with Crippen LogP contribution in [-0.4, -0.2) is 34.0 Å². The van der Waals surface area contributed by atoms with Gasteiger partial charge in [-0.3, -0.25) is 14.4 Å². The minimum absolute atomic E-state index is 0.133. The number of rotatable bonds is 4. The Bertz CT molecular complexity index is 1070. The molecule has 0 bridgehead atoms. The molecule has 0 spiro atoms. The molecule has 0 aliphatic carbocycles. The summed E-state index contributed by atoms with van der Waals surface area (Å²) in [5.41, 5.74) is -0.418. The molecule has 0 saturated carbocycles. The van der Waals surface area contributed by atoms with Crippen molar-refractivity contribution in [2.75, 3.05) is 7.11 Å². The first kappa shape index (κ1) is 24.1. The fraction of sp³-hybridized carbons (Fsp3) is 0.381. The van der Waals surface area contributed by atoms with Crippen molar-refractivity contribution in [1.29, 1.82) is 0 Å². The van der Waals surface area contributed by atoms with Gasteiger partial charge in [0, 0.05) is 23.7 Å². The first-order valence-corrected chi connectivity index (χ1v) is 9.26. The number of hydrazine groups is 1. The number of imide groups is 1. The standard InChI is InChI=1S/C21H24F3N3O4/c1-12-13(8-7-9-15(12)31-6)18(29)27(25-20(2,3)4)19(30)14-10-11-16(21(22,23)24)26(5)17(14)28/h7-11,25H,1-6H3. The van der Waals surface area contributed by atoms with Gasteiger partial charge in [0.1, 0.15) is 17.0 Å². The van der Waals surface area contributed by atoms with E-state index in [9.17, 15) is 27.6 Å². The number of pyridine rings is 1.